The molecule has 0 saturated carbocycles. The second-order valence-corrected chi connectivity index (χ2v) is 5.84. The van der Waals surface area contributed by atoms with E-state index in [4.69, 9.17) is 23.2 Å². The monoisotopic (exact) mass is 332 g/mol. The summed E-state index contributed by atoms with van der Waals surface area (Å²) in [4.78, 5) is 5.98. The van der Waals surface area contributed by atoms with Crippen molar-refractivity contribution in [2.75, 3.05) is 6.67 Å². The van der Waals surface area contributed by atoms with Crippen LogP contribution in [0.5, 0.6) is 0 Å². The van der Waals surface area contributed by atoms with Gasteiger partial charge in [0.2, 0.25) is 0 Å². The summed E-state index contributed by atoms with van der Waals surface area (Å²) in [7, 11) is 0. The molecule has 0 aliphatic carbocycles. The molecule has 2 aromatic rings. The predicted octanol–water partition coefficient (Wildman–Crippen LogP) is 4.04. The van der Waals surface area contributed by atoms with Crippen LogP contribution in [0.1, 0.15) is 11.1 Å². The van der Waals surface area contributed by atoms with E-state index in [0.29, 0.717) is 27.8 Å². The Bertz CT molecular complexity index is 663. The Kier molecular flexibility index (Phi) is 4.21. The second-order valence-electron chi connectivity index (χ2n) is 4.97. The van der Waals surface area contributed by atoms with E-state index >= 15 is 0 Å². The Morgan fingerprint density at radius 1 is 0.909 bits per heavy atom. The van der Waals surface area contributed by atoms with E-state index < -0.39 is 5.72 Å². The van der Waals surface area contributed by atoms with Crippen LogP contribution in [0.25, 0.3) is 0 Å². The molecule has 22 heavy (non-hydrogen) atoms. The van der Waals surface area contributed by atoms with Crippen LogP contribution in [0, 0.1) is 0 Å². The quantitative estimate of drug-likeness (QED) is 0.920. The fourth-order valence-corrected chi connectivity index (χ4v) is 2.71. The van der Waals surface area contributed by atoms with Crippen molar-refractivity contribution in [3.63, 3.8) is 0 Å². The summed E-state index contributed by atoms with van der Waals surface area (Å²) in [6.07, 6.45) is 5.32. The molecule has 1 aliphatic heterocycles. The molecule has 0 fully saturated rings. The first-order chi connectivity index (χ1) is 10.6. The van der Waals surface area contributed by atoms with Crippen LogP contribution in [-0.4, -0.2) is 22.9 Å². The van der Waals surface area contributed by atoms with Gasteiger partial charge in [0.25, 0.3) is 0 Å². The largest absolute Gasteiger partial charge is 0.363 e. The van der Waals surface area contributed by atoms with Crippen LogP contribution >= 0.6 is 23.2 Å². The lowest BCUT2D eigenvalue weighted by Crippen LogP contribution is -2.44. The van der Waals surface area contributed by atoms with Crippen LogP contribution in [0.2, 0.25) is 10.0 Å². The van der Waals surface area contributed by atoms with Crippen molar-refractivity contribution >= 4 is 29.4 Å². The lowest BCUT2D eigenvalue weighted by atomic mass is 9.93. The summed E-state index contributed by atoms with van der Waals surface area (Å²) >= 11 is 11.9. The summed E-state index contributed by atoms with van der Waals surface area (Å²) in [5.74, 6) is 0. The molecule has 0 aromatic heterocycles. The molecule has 3 rings (SSSR count). The van der Waals surface area contributed by atoms with Crippen molar-refractivity contribution in [1.29, 1.82) is 0 Å². The molecule has 1 heterocycles. The molecule has 0 amide bonds. The van der Waals surface area contributed by atoms with Gasteiger partial charge in [0.05, 0.1) is 0 Å². The third-order valence-electron chi connectivity index (χ3n) is 3.60. The minimum Gasteiger partial charge on any atom is -0.363 e. The summed E-state index contributed by atoms with van der Waals surface area (Å²) < 4.78 is 0. The Morgan fingerprint density at radius 2 is 1.41 bits per heavy atom. The highest BCUT2D eigenvalue weighted by Crippen LogP contribution is 2.35. The van der Waals surface area contributed by atoms with Crippen molar-refractivity contribution in [3.8, 4) is 0 Å². The van der Waals surface area contributed by atoms with Gasteiger partial charge in [-0.25, -0.2) is 0 Å². The van der Waals surface area contributed by atoms with Gasteiger partial charge in [0.1, 0.15) is 6.67 Å². The standard InChI is InChI=1S/C17H14Cl2N2O/c18-15-6-2-13(3-7-15)17(22,21-11-1-10-20-12-21)14-4-8-16(19)9-5-14/h1-11,22H,12H2. The zero-order valence-corrected chi connectivity index (χ0v) is 13.2. The highest BCUT2D eigenvalue weighted by atomic mass is 35.5. The van der Waals surface area contributed by atoms with Gasteiger partial charge in [-0.2, -0.15) is 0 Å². The Morgan fingerprint density at radius 3 is 1.82 bits per heavy atom. The maximum Gasteiger partial charge on any atom is 0.192 e. The van der Waals surface area contributed by atoms with Crippen molar-refractivity contribution in [3.05, 3.63) is 82.0 Å². The van der Waals surface area contributed by atoms with Crippen LogP contribution in [-0.2, 0) is 5.72 Å². The van der Waals surface area contributed by atoms with E-state index in [1.807, 2.05) is 30.5 Å². The molecule has 0 bridgehead atoms. The molecule has 112 valence electrons. The molecule has 3 nitrogen and oxygen atoms in total. The fraction of sp³-hybridized carbons (Fsp3) is 0.118. The van der Waals surface area contributed by atoms with Gasteiger partial charge in [-0.3, -0.25) is 4.99 Å². The lowest BCUT2D eigenvalue weighted by molar-refractivity contribution is -0.0511. The second kappa shape index (κ2) is 6.13. The van der Waals surface area contributed by atoms with Crippen LogP contribution < -0.4 is 0 Å². The molecule has 0 atom stereocenters. The van der Waals surface area contributed by atoms with Gasteiger partial charge < -0.3 is 10.0 Å². The van der Waals surface area contributed by atoms with Crippen molar-refractivity contribution in [2.45, 2.75) is 5.72 Å². The maximum atomic E-state index is 11.5. The summed E-state index contributed by atoms with van der Waals surface area (Å²) in [5.41, 5.74) is 0.0747. The third-order valence-corrected chi connectivity index (χ3v) is 4.10. The molecule has 0 spiro atoms. The van der Waals surface area contributed by atoms with Crippen LogP contribution in [0.4, 0.5) is 0 Å². The number of benzene rings is 2. The molecule has 1 aliphatic rings. The van der Waals surface area contributed by atoms with E-state index in [9.17, 15) is 5.11 Å². The van der Waals surface area contributed by atoms with Gasteiger partial charge in [0, 0.05) is 33.6 Å². The van der Waals surface area contributed by atoms with Gasteiger partial charge >= 0.3 is 0 Å². The first kappa shape index (κ1) is 15.1. The molecule has 2 aromatic carbocycles. The first-order valence-corrected chi connectivity index (χ1v) is 7.54. The first-order valence-electron chi connectivity index (χ1n) is 6.78. The normalized spacial score (nSPS) is 14.4. The number of allylic oxidation sites excluding steroid dienone is 1. The minimum absolute atomic E-state index is 0.359. The number of aliphatic imine (C=N–C) groups is 1. The van der Waals surface area contributed by atoms with E-state index in [-0.39, 0.29) is 0 Å². The minimum atomic E-state index is -1.34. The predicted molar refractivity (Wildman–Crippen MR) is 90.2 cm³/mol. The highest BCUT2D eigenvalue weighted by Gasteiger charge is 2.37. The van der Waals surface area contributed by atoms with Crippen molar-refractivity contribution < 1.29 is 5.11 Å². The molecular weight excluding hydrogens is 319 g/mol. The summed E-state index contributed by atoms with van der Waals surface area (Å²) in [6, 6.07) is 14.3. The van der Waals surface area contributed by atoms with Crippen LogP contribution in [0.15, 0.2) is 65.8 Å². The van der Waals surface area contributed by atoms with E-state index in [2.05, 4.69) is 4.99 Å². The number of hydrogen-bond donors (Lipinski definition) is 1. The number of nitrogens with zero attached hydrogens (tertiary/aromatic N) is 2. The molecule has 0 radical (unpaired) electrons. The molecule has 5 heteroatoms. The van der Waals surface area contributed by atoms with Gasteiger partial charge in [-0.1, -0.05) is 47.5 Å². The molecule has 0 saturated heterocycles. The third kappa shape index (κ3) is 2.75. The average molecular weight is 333 g/mol. The Labute approximate surface area is 139 Å². The number of rotatable bonds is 3. The molecular formula is C17H14Cl2N2O. The van der Waals surface area contributed by atoms with Gasteiger partial charge in [0.15, 0.2) is 5.72 Å². The smallest absolute Gasteiger partial charge is 0.192 e. The number of hydrogen-bond acceptors (Lipinski definition) is 3. The lowest BCUT2D eigenvalue weighted by Gasteiger charge is -2.39. The SMILES string of the molecule is OC(c1ccc(Cl)cc1)(c1ccc(Cl)cc1)N1C=CC=NC1. The molecule has 1 N–H and O–H groups in total. The van der Waals surface area contributed by atoms with E-state index in [0.717, 1.165) is 0 Å². The van der Waals surface area contributed by atoms with Crippen molar-refractivity contribution in [2.24, 2.45) is 4.99 Å². The number of aliphatic hydroxyl groups is 1. The highest BCUT2D eigenvalue weighted by molar-refractivity contribution is 6.30. The number of halogens is 2. The van der Waals surface area contributed by atoms with E-state index in [1.54, 1.807) is 41.5 Å². The average Bonchev–Trinajstić information content (AvgIpc) is 2.56. The topological polar surface area (TPSA) is 35.8 Å². The Balaban J connectivity index is 2.12. The van der Waals surface area contributed by atoms with Gasteiger partial charge in [-0.15, -0.1) is 0 Å². The van der Waals surface area contributed by atoms with Gasteiger partial charge in [-0.05, 0) is 30.3 Å². The van der Waals surface area contributed by atoms with E-state index in [1.165, 1.54) is 0 Å². The van der Waals surface area contributed by atoms with Crippen molar-refractivity contribution in [1.82, 2.24) is 4.90 Å². The fourth-order valence-electron chi connectivity index (χ4n) is 2.46. The van der Waals surface area contributed by atoms with Crippen LogP contribution in [0.3, 0.4) is 0 Å². The molecule has 0 unspecified atom stereocenters. The Hall–Kier alpha value is -1.81. The zero-order valence-electron chi connectivity index (χ0n) is 11.7. The summed E-state index contributed by atoms with van der Waals surface area (Å²) in [6.45, 7) is 0.359. The summed E-state index contributed by atoms with van der Waals surface area (Å²) in [5, 5.41) is 12.7. The zero-order chi connectivity index (χ0) is 15.6. The maximum absolute atomic E-state index is 11.5.